The Morgan fingerprint density at radius 3 is 2.76 bits per heavy atom. The lowest BCUT2D eigenvalue weighted by atomic mass is 10.1. The number of nitrogens with zero attached hydrogens (tertiary/aromatic N) is 4. The number of para-hydroxylation sites is 1. The number of anilines is 1. The molecule has 0 fully saturated rings. The summed E-state index contributed by atoms with van der Waals surface area (Å²) in [5.74, 6) is 0. The standard InChI is InChI=1S/C26H19N5O2S/c1-2-30-24-9-4-3-8-21(24)22-13-19(10-11-25(22)30)28-15-18(14-27)26-29-23(16-34-26)17-6-5-7-20(12-17)31(32)33/h3-13,15-16,28H,2H2,1H3. The fourth-order valence-electron chi connectivity index (χ4n) is 4.09. The van der Waals surface area contributed by atoms with Crippen molar-refractivity contribution in [1.82, 2.24) is 9.55 Å². The highest BCUT2D eigenvalue weighted by atomic mass is 32.1. The van der Waals surface area contributed by atoms with Crippen LogP contribution in [0.4, 0.5) is 11.4 Å². The number of aryl methyl sites for hydroxylation is 1. The molecular weight excluding hydrogens is 446 g/mol. The molecule has 0 saturated carbocycles. The monoisotopic (exact) mass is 465 g/mol. The molecule has 5 aromatic rings. The minimum Gasteiger partial charge on any atom is -0.360 e. The molecule has 166 valence electrons. The largest absolute Gasteiger partial charge is 0.360 e. The summed E-state index contributed by atoms with van der Waals surface area (Å²) in [4.78, 5) is 15.2. The van der Waals surface area contributed by atoms with Crippen molar-refractivity contribution in [3.05, 3.63) is 93.4 Å². The fraction of sp³-hybridized carbons (Fsp3) is 0.0769. The third-order valence-corrected chi connectivity index (χ3v) is 6.56. The molecule has 34 heavy (non-hydrogen) atoms. The van der Waals surface area contributed by atoms with Crippen molar-refractivity contribution >= 4 is 50.1 Å². The highest BCUT2D eigenvalue weighted by Gasteiger charge is 2.13. The molecule has 0 radical (unpaired) electrons. The van der Waals surface area contributed by atoms with Crippen molar-refractivity contribution < 1.29 is 4.92 Å². The first-order chi connectivity index (χ1) is 16.6. The van der Waals surface area contributed by atoms with Crippen molar-refractivity contribution in [2.24, 2.45) is 0 Å². The lowest BCUT2D eigenvalue weighted by molar-refractivity contribution is -0.384. The van der Waals surface area contributed by atoms with E-state index in [0.717, 1.165) is 17.6 Å². The summed E-state index contributed by atoms with van der Waals surface area (Å²) >= 11 is 1.32. The van der Waals surface area contributed by atoms with Crippen LogP contribution in [0.25, 0.3) is 38.6 Å². The number of nitro benzene ring substituents is 1. The van der Waals surface area contributed by atoms with Crippen molar-refractivity contribution in [2.45, 2.75) is 13.5 Å². The molecule has 2 aromatic heterocycles. The van der Waals surface area contributed by atoms with Gasteiger partial charge in [-0.3, -0.25) is 10.1 Å². The van der Waals surface area contributed by atoms with Gasteiger partial charge in [-0.1, -0.05) is 30.3 Å². The molecule has 8 heteroatoms. The number of rotatable bonds is 6. The number of nitriles is 1. The fourth-order valence-corrected chi connectivity index (χ4v) is 4.88. The average molecular weight is 466 g/mol. The van der Waals surface area contributed by atoms with Gasteiger partial charge >= 0.3 is 0 Å². The maximum absolute atomic E-state index is 11.1. The summed E-state index contributed by atoms with van der Waals surface area (Å²) in [6.07, 6.45) is 1.65. The zero-order valence-corrected chi connectivity index (χ0v) is 19.0. The van der Waals surface area contributed by atoms with Crippen molar-refractivity contribution in [3.8, 4) is 17.3 Å². The van der Waals surface area contributed by atoms with Crippen LogP contribution < -0.4 is 5.32 Å². The van der Waals surface area contributed by atoms with Crippen LogP contribution in [-0.2, 0) is 6.54 Å². The number of nitro groups is 1. The third-order valence-electron chi connectivity index (χ3n) is 5.68. The Kier molecular flexibility index (Phi) is 5.54. The lowest BCUT2D eigenvalue weighted by Crippen LogP contribution is -1.94. The second-order valence-electron chi connectivity index (χ2n) is 7.65. The van der Waals surface area contributed by atoms with E-state index in [4.69, 9.17) is 0 Å². The molecule has 3 aromatic carbocycles. The molecule has 0 unspecified atom stereocenters. The van der Waals surface area contributed by atoms with Gasteiger partial charge in [0.05, 0.1) is 10.6 Å². The topological polar surface area (TPSA) is 96.8 Å². The Bertz CT molecular complexity index is 1620. The Labute approximate surface area is 199 Å². The van der Waals surface area contributed by atoms with Crippen LogP contribution in [0.2, 0.25) is 0 Å². The molecule has 0 bridgehead atoms. The molecule has 0 atom stereocenters. The number of hydrogen-bond acceptors (Lipinski definition) is 6. The number of nitrogens with one attached hydrogen (secondary N) is 1. The summed E-state index contributed by atoms with van der Waals surface area (Å²) in [6.45, 7) is 3.02. The van der Waals surface area contributed by atoms with Crippen LogP contribution in [0.15, 0.2) is 78.3 Å². The van der Waals surface area contributed by atoms with Gasteiger partial charge in [0.2, 0.25) is 0 Å². The molecule has 0 amide bonds. The number of thiazole rings is 1. The van der Waals surface area contributed by atoms with Gasteiger partial charge in [0.1, 0.15) is 16.6 Å². The van der Waals surface area contributed by atoms with E-state index < -0.39 is 4.92 Å². The summed E-state index contributed by atoms with van der Waals surface area (Å²) < 4.78 is 2.29. The minimum absolute atomic E-state index is 0.00425. The smallest absolute Gasteiger partial charge is 0.270 e. The third kappa shape index (κ3) is 3.78. The highest BCUT2D eigenvalue weighted by Crippen LogP contribution is 2.32. The summed E-state index contributed by atoms with van der Waals surface area (Å²) in [5, 5.41) is 28.7. The van der Waals surface area contributed by atoms with Crippen LogP contribution in [0.3, 0.4) is 0 Å². The highest BCUT2D eigenvalue weighted by molar-refractivity contribution is 7.11. The number of fused-ring (bicyclic) bond motifs is 3. The Morgan fingerprint density at radius 2 is 1.97 bits per heavy atom. The number of benzene rings is 3. The van der Waals surface area contributed by atoms with Crippen molar-refractivity contribution in [3.63, 3.8) is 0 Å². The average Bonchev–Trinajstić information content (AvgIpc) is 3.47. The van der Waals surface area contributed by atoms with E-state index in [-0.39, 0.29) is 5.69 Å². The molecule has 1 N–H and O–H groups in total. The number of hydrogen-bond donors (Lipinski definition) is 1. The predicted octanol–water partition coefficient (Wildman–Crippen LogP) is 6.82. The number of allylic oxidation sites excluding steroid dienone is 1. The molecule has 7 nitrogen and oxygen atoms in total. The lowest BCUT2D eigenvalue weighted by Gasteiger charge is -2.05. The Hall–Kier alpha value is -4.48. The normalized spacial score (nSPS) is 11.6. The van der Waals surface area contributed by atoms with Crippen LogP contribution in [0, 0.1) is 21.4 Å². The number of non-ortho nitro benzene ring substituents is 1. The van der Waals surface area contributed by atoms with Crippen LogP contribution in [0.5, 0.6) is 0 Å². The quantitative estimate of drug-likeness (QED) is 0.168. The second-order valence-corrected chi connectivity index (χ2v) is 8.51. The predicted molar refractivity (Wildman–Crippen MR) is 137 cm³/mol. The van der Waals surface area contributed by atoms with E-state index in [1.54, 1.807) is 23.7 Å². The van der Waals surface area contributed by atoms with Gasteiger partial charge in [-0.15, -0.1) is 11.3 Å². The van der Waals surface area contributed by atoms with Gasteiger partial charge in [-0.2, -0.15) is 5.26 Å². The van der Waals surface area contributed by atoms with Crippen LogP contribution in [0.1, 0.15) is 11.9 Å². The summed E-state index contributed by atoms with van der Waals surface area (Å²) in [5.41, 5.74) is 4.86. The van der Waals surface area contributed by atoms with Gasteiger partial charge in [0, 0.05) is 63.3 Å². The zero-order chi connectivity index (χ0) is 23.7. The molecule has 0 saturated heterocycles. The second kappa shape index (κ2) is 8.81. The molecule has 0 spiro atoms. The Morgan fingerprint density at radius 1 is 1.15 bits per heavy atom. The molecule has 2 heterocycles. The minimum atomic E-state index is -0.434. The summed E-state index contributed by atoms with van der Waals surface area (Å²) in [6, 6.07) is 23.0. The first kappa shape index (κ1) is 21.4. The maximum atomic E-state index is 11.1. The first-order valence-corrected chi connectivity index (χ1v) is 11.6. The maximum Gasteiger partial charge on any atom is 0.270 e. The molecule has 0 aliphatic heterocycles. The first-order valence-electron chi connectivity index (χ1n) is 10.7. The van der Waals surface area contributed by atoms with Crippen LogP contribution in [-0.4, -0.2) is 14.5 Å². The van der Waals surface area contributed by atoms with E-state index in [1.807, 2.05) is 18.2 Å². The SMILES string of the molecule is CCn1c2ccccc2c2cc(NC=C(C#N)c3nc(-c4cccc([N+](=O)[O-])c4)cs3)ccc21. The van der Waals surface area contributed by atoms with E-state index in [9.17, 15) is 15.4 Å². The van der Waals surface area contributed by atoms with E-state index >= 15 is 0 Å². The molecule has 5 rings (SSSR count). The zero-order valence-electron chi connectivity index (χ0n) is 18.2. The van der Waals surface area contributed by atoms with Crippen LogP contribution >= 0.6 is 11.3 Å². The molecule has 0 aliphatic carbocycles. The van der Waals surface area contributed by atoms with Crippen molar-refractivity contribution in [2.75, 3.05) is 5.32 Å². The van der Waals surface area contributed by atoms with E-state index in [0.29, 0.717) is 21.8 Å². The van der Waals surface area contributed by atoms with Crippen molar-refractivity contribution in [1.29, 1.82) is 5.26 Å². The number of aromatic nitrogens is 2. The molecular formula is C26H19N5O2S. The van der Waals surface area contributed by atoms with Gasteiger partial charge in [-0.25, -0.2) is 4.98 Å². The van der Waals surface area contributed by atoms with Gasteiger partial charge < -0.3 is 9.88 Å². The van der Waals surface area contributed by atoms with E-state index in [1.165, 1.54) is 39.9 Å². The summed E-state index contributed by atoms with van der Waals surface area (Å²) in [7, 11) is 0. The Balaban J connectivity index is 1.45. The molecule has 0 aliphatic rings. The van der Waals surface area contributed by atoms with Gasteiger partial charge in [0.25, 0.3) is 5.69 Å². The van der Waals surface area contributed by atoms with Gasteiger partial charge in [0.15, 0.2) is 0 Å². The van der Waals surface area contributed by atoms with Gasteiger partial charge in [-0.05, 0) is 31.2 Å². The van der Waals surface area contributed by atoms with E-state index in [2.05, 4.69) is 52.1 Å².